The lowest BCUT2D eigenvalue weighted by atomic mass is 10.2. The monoisotopic (exact) mass is 254 g/mol. The first-order valence-electron chi connectivity index (χ1n) is 6.01. The Labute approximate surface area is 108 Å². The second kappa shape index (κ2) is 6.61. The Morgan fingerprint density at radius 2 is 1.89 bits per heavy atom. The summed E-state index contributed by atoms with van der Waals surface area (Å²) >= 11 is 0. The van der Waals surface area contributed by atoms with Crippen molar-refractivity contribution < 1.29 is 19.3 Å². The molecule has 1 rings (SSSR count). The van der Waals surface area contributed by atoms with E-state index in [2.05, 4.69) is 0 Å². The van der Waals surface area contributed by atoms with Crippen molar-refractivity contribution >= 4 is 0 Å². The van der Waals surface area contributed by atoms with Gasteiger partial charge in [0.15, 0.2) is 11.5 Å². The van der Waals surface area contributed by atoms with E-state index < -0.39 is 0 Å². The lowest BCUT2D eigenvalue weighted by Crippen LogP contribution is -2.22. The van der Waals surface area contributed by atoms with Gasteiger partial charge in [0.2, 0.25) is 0 Å². The van der Waals surface area contributed by atoms with Crippen LogP contribution in [0.5, 0.6) is 11.5 Å². The number of hydrogen-bond donors (Lipinski definition) is 1. The Morgan fingerprint density at radius 1 is 1.17 bits per heavy atom. The first-order chi connectivity index (χ1) is 8.48. The van der Waals surface area contributed by atoms with Gasteiger partial charge in [0, 0.05) is 5.56 Å². The standard InChI is InChI=1S/C14H22O4/c1-14(2,3)18-9-8-17-13-11(10-15)6-5-7-12(13)16-4/h5-7,15H,8-10H2,1-4H3. The van der Waals surface area contributed by atoms with Crippen LogP contribution in [0.15, 0.2) is 18.2 Å². The fourth-order valence-electron chi connectivity index (χ4n) is 1.50. The number of ether oxygens (including phenoxy) is 3. The summed E-state index contributed by atoms with van der Waals surface area (Å²) in [6.45, 7) is 6.82. The number of aliphatic hydroxyl groups is 1. The van der Waals surface area contributed by atoms with E-state index in [-0.39, 0.29) is 12.2 Å². The third-order valence-corrected chi connectivity index (χ3v) is 2.32. The van der Waals surface area contributed by atoms with Crippen LogP contribution in [0.2, 0.25) is 0 Å². The van der Waals surface area contributed by atoms with E-state index in [9.17, 15) is 5.11 Å². The fraction of sp³-hybridized carbons (Fsp3) is 0.571. The molecule has 0 bridgehead atoms. The van der Waals surface area contributed by atoms with Crippen LogP contribution in [0.4, 0.5) is 0 Å². The predicted octanol–water partition coefficient (Wildman–Crippen LogP) is 2.38. The van der Waals surface area contributed by atoms with Gasteiger partial charge in [-0.15, -0.1) is 0 Å². The molecule has 102 valence electrons. The SMILES string of the molecule is COc1cccc(CO)c1OCCOC(C)(C)C. The van der Waals surface area contributed by atoms with Crippen LogP contribution in [-0.2, 0) is 11.3 Å². The van der Waals surface area contributed by atoms with Crippen molar-refractivity contribution in [2.24, 2.45) is 0 Å². The van der Waals surface area contributed by atoms with E-state index in [4.69, 9.17) is 14.2 Å². The molecule has 4 heteroatoms. The van der Waals surface area contributed by atoms with Crippen molar-refractivity contribution in [3.05, 3.63) is 23.8 Å². The van der Waals surface area contributed by atoms with Gasteiger partial charge in [-0.25, -0.2) is 0 Å². The zero-order valence-electron chi connectivity index (χ0n) is 11.5. The maximum atomic E-state index is 9.26. The number of methoxy groups -OCH3 is 1. The normalized spacial score (nSPS) is 11.4. The van der Waals surface area contributed by atoms with Gasteiger partial charge in [-0.3, -0.25) is 0 Å². The van der Waals surface area contributed by atoms with Gasteiger partial charge >= 0.3 is 0 Å². The number of rotatable bonds is 6. The molecule has 0 saturated carbocycles. The van der Waals surface area contributed by atoms with Gasteiger partial charge in [-0.2, -0.15) is 0 Å². The van der Waals surface area contributed by atoms with Gasteiger partial charge in [-0.1, -0.05) is 12.1 Å². The summed E-state index contributed by atoms with van der Waals surface area (Å²) in [5.74, 6) is 1.21. The molecule has 1 aromatic rings. The molecule has 18 heavy (non-hydrogen) atoms. The molecule has 4 nitrogen and oxygen atoms in total. The van der Waals surface area contributed by atoms with Crippen LogP contribution in [0.1, 0.15) is 26.3 Å². The summed E-state index contributed by atoms with van der Waals surface area (Å²) < 4.78 is 16.4. The highest BCUT2D eigenvalue weighted by atomic mass is 16.5. The molecule has 0 aromatic heterocycles. The molecular weight excluding hydrogens is 232 g/mol. The van der Waals surface area contributed by atoms with E-state index in [1.807, 2.05) is 32.9 Å². The molecule has 0 unspecified atom stereocenters. The Hall–Kier alpha value is -1.26. The minimum atomic E-state index is -0.177. The molecule has 1 N–H and O–H groups in total. The van der Waals surface area contributed by atoms with Gasteiger partial charge in [0.25, 0.3) is 0 Å². The maximum absolute atomic E-state index is 9.26. The molecule has 0 radical (unpaired) electrons. The molecule has 0 aliphatic carbocycles. The average molecular weight is 254 g/mol. The first kappa shape index (κ1) is 14.8. The number of hydrogen-bond acceptors (Lipinski definition) is 4. The smallest absolute Gasteiger partial charge is 0.166 e. The maximum Gasteiger partial charge on any atom is 0.166 e. The highest BCUT2D eigenvalue weighted by Gasteiger charge is 2.12. The van der Waals surface area contributed by atoms with Gasteiger partial charge in [-0.05, 0) is 26.8 Å². The quantitative estimate of drug-likeness (QED) is 0.792. The van der Waals surface area contributed by atoms with Crippen molar-refractivity contribution in [1.82, 2.24) is 0 Å². The molecule has 0 amide bonds. The van der Waals surface area contributed by atoms with E-state index in [1.165, 1.54) is 0 Å². The molecule has 0 spiro atoms. The minimum absolute atomic E-state index is 0.0767. The van der Waals surface area contributed by atoms with Crippen molar-refractivity contribution in [1.29, 1.82) is 0 Å². The molecule has 1 aromatic carbocycles. The van der Waals surface area contributed by atoms with E-state index >= 15 is 0 Å². The summed E-state index contributed by atoms with van der Waals surface area (Å²) in [5, 5.41) is 9.26. The van der Waals surface area contributed by atoms with Gasteiger partial charge in [0.05, 0.1) is 25.9 Å². The average Bonchev–Trinajstić information content (AvgIpc) is 2.33. The third kappa shape index (κ3) is 4.55. The predicted molar refractivity (Wildman–Crippen MR) is 70.1 cm³/mol. The van der Waals surface area contributed by atoms with Crippen molar-refractivity contribution in [3.8, 4) is 11.5 Å². The number of para-hydroxylation sites is 1. The van der Waals surface area contributed by atoms with Crippen molar-refractivity contribution in [2.45, 2.75) is 33.0 Å². The lowest BCUT2D eigenvalue weighted by Gasteiger charge is -2.20. The highest BCUT2D eigenvalue weighted by Crippen LogP contribution is 2.31. The Bertz CT molecular complexity index is 346. The first-order valence-corrected chi connectivity index (χ1v) is 6.01. The third-order valence-electron chi connectivity index (χ3n) is 2.32. The molecule has 0 aliphatic heterocycles. The van der Waals surface area contributed by atoms with Crippen LogP contribution in [-0.4, -0.2) is 31.0 Å². The summed E-state index contributed by atoms with van der Waals surface area (Å²) in [5.41, 5.74) is 0.536. The van der Waals surface area contributed by atoms with Gasteiger partial charge < -0.3 is 19.3 Å². The van der Waals surface area contributed by atoms with E-state index in [0.717, 1.165) is 0 Å². The second-order valence-electron chi connectivity index (χ2n) is 4.92. The topological polar surface area (TPSA) is 47.9 Å². The van der Waals surface area contributed by atoms with Crippen LogP contribution < -0.4 is 9.47 Å². The molecule has 0 fully saturated rings. The Morgan fingerprint density at radius 3 is 2.44 bits per heavy atom. The largest absolute Gasteiger partial charge is 0.493 e. The van der Waals surface area contributed by atoms with E-state index in [1.54, 1.807) is 13.2 Å². The fourth-order valence-corrected chi connectivity index (χ4v) is 1.50. The van der Waals surface area contributed by atoms with Crippen LogP contribution in [0, 0.1) is 0 Å². The summed E-state index contributed by atoms with van der Waals surface area (Å²) in [4.78, 5) is 0. The summed E-state index contributed by atoms with van der Waals surface area (Å²) in [6.07, 6.45) is 0. The number of aliphatic hydroxyl groups excluding tert-OH is 1. The van der Waals surface area contributed by atoms with E-state index in [0.29, 0.717) is 30.3 Å². The van der Waals surface area contributed by atoms with Gasteiger partial charge in [0.1, 0.15) is 6.61 Å². The summed E-state index contributed by atoms with van der Waals surface area (Å²) in [7, 11) is 1.58. The molecule has 0 heterocycles. The molecule has 0 saturated heterocycles. The zero-order valence-corrected chi connectivity index (χ0v) is 11.5. The zero-order chi connectivity index (χ0) is 13.6. The Balaban J connectivity index is 2.60. The van der Waals surface area contributed by atoms with Crippen LogP contribution in [0.25, 0.3) is 0 Å². The Kier molecular flexibility index (Phi) is 5.44. The number of benzene rings is 1. The molecule has 0 atom stereocenters. The summed E-state index contributed by atoms with van der Waals surface area (Å²) in [6, 6.07) is 5.43. The van der Waals surface area contributed by atoms with Crippen LogP contribution in [0.3, 0.4) is 0 Å². The van der Waals surface area contributed by atoms with Crippen molar-refractivity contribution in [2.75, 3.05) is 20.3 Å². The van der Waals surface area contributed by atoms with Crippen LogP contribution >= 0.6 is 0 Å². The highest BCUT2D eigenvalue weighted by molar-refractivity contribution is 5.46. The lowest BCUT2D eigenvalue weighted by molar-refractivity contribution is -0.0167. The molecular formula is C14H22O4. The molecule has 0 aliphatic rings. The van der Waals surface area contributed by atoms with Crippen molar-refractivity contribution in [3.63, 3.8) is 0 Å². The minimum Gasteiger partial charge on any atom is -0.493 e. The second-order valence-corrected chi connectivity index (χ2v) is 4.92.